The molecule has 2 N–H and O–H groups in total. The molecule has 0 aliphatic heterocycles. The van der Waals surface area contributed by atoms with Crippen LogP contribution in [0, 0.1) is 5.92 Å². The molecule has 1 aliphatic carbocycles. The van der Waals surface area contributed by atoms with Crippen molar-refractivity contribution in [3.8, 4) is 0 Å². The molecule has 0 radical (unpaired) electrons. The number of hydrogen-bond donors (Lipinski definition) is 2. The molecular weight excluding hydrogens is 248 g/mol. The highest BCUT2D eigenvalue weighted by Crippen LogP contribution is 2.30. The number of nitrogens with one attached hydrogen (secondary N) is 2. The molecule has 1 saturated carbocycles. The third-order valence-corrected chi connectivity index (χ3v) is 4.09. The zero-order valence-electron chi connectivity index (χ0n) is 12.2. The number of rotatable bonds is 6. The zero-order valence-corrected chi connectivity index (χ0v) is 12.2. The van der Waals surface area contributed by atoms with E-state index < -0.39 is 0 Å². The molecule has 1 fully saturated rings. The fourth-order valence-corrected chi connectivity index (χ4v) is 2.91. The zero-order chi connectivity index (χ0) is 14.4. The molecular formula is C17H24N2O. The first-order valence-corrected chi connectivity index (χ1v) is 7.50. The highest BCUT2D eigenvalue weighted by atomic mass is 16.1. The SMILES string of the molecule is C=CCNC(=O)c1ccc(NC2CCCC2CC)cc1. The highest BCUT2D eigenvalue weighted by molar-refractivity contribution is 5.94. The Bertz CT molecular complexity index is 453. The van der Waals surface area contributed by atoms with Crippen LogP contribution < -0.4 is 10.6 Å². The molecule has 1 amide bonds. The summed E-state index contributed by atoms with van der Waals surface area (Å²) in [6.07, 6.45) is 6.81. The number of hydrogen-bond acceptors (Lipinski definition) is 2. The van der Waals surface area contributed by atoms with Gasteiger partial charge < -0.3 is 10.6 Å². The smallest absolute Gasteiger partial charge is 0.251 e. The van der Waals surface area contributed by atoms with Crippen molar-refractivity contribution in [3.63, 3.8) is 0 Å². The Morgan fingerprint density at radius 3 is 2.75 bits per heavy atom. The summed E-state index contributed by atoms with van der Waals surface area (Å²) in [5.41, 5.74) is 1.80. The molecule has 2 rings (SSSR count). The van der Waals surface area contributed by atoms with Gasteiger partial charge in [0.1, 0.15) is 0 Å². The summed E-state index contributed by atoms with van der Waals surface area (Å²) in [6.45, 7) is 6.35. The van der Waals surface area contributed by atoms with Crippen LogP contribution >= 0.6 is 0 Å². The van der Waals surface area contributed by atoms with E-state index in [1.807, 2.05) is 24.3 Å². The van der Waals surface area contributed by atoms with Crippen molar-refractivity contribution in [2.24, 2.45) is 5.92 Å². The Kier molecular flexibility index (Phi) is 5.22. The van der Waals surface area contributed by atoms with Gasteiger partial charge in [-0.15, -0.1) is 6.58 Å². The Labute approximate surface area is 121 Å². The quantitative estimate of drug-likeness (QED) is 0.777. The van der Waals surface area contributed by atoms with Gasteiger partial charge in [-0.3, -0.25) is 4.79 Å². The summed E-state index contributed by atoms with van der Waals surface area (Å²) in [7, 11) is 0. The monoisotopic (exact) mass is 272 g/mol. The second-order valence-electron chi connectivity index (χ2n) is 5.43. The van der Waals surface area contributed by atoms with Crippen molar-refractivity contribution in [3.05, 3.63) is 42.5 Å². The fraction of sp³-hybridized carbons (Fsp3) is 0.471. The Hall–Kier alpha value is -1.77. The first kappa shape index (κ1) is 14.6. The first-order valence-electron chi connectivity index (χ1n) is 7.50. The van der Waals surface area contributed by atoms with Crippen LogP contribution in [-0.2, 0) is 0 Å². The molecule has 2 atom stereocenters. The lowest BCUT2D eigenvalue weighted by molar-refractivity contribution is 0.0958. The summed E-state index contributed by atoms with van der Waals surface area (Å²) in [5.74, 6) is 0.731. The summed E-state index contributed by atoms with van der Waals surface area (Å²) in [6, 6.07) is 8.31. The summed E-state index contributed by atoms with van der Waals surface area (Å²) < 4.78 is 0. The number of amides is 1. The molecule has 0 heterocycles. The van der Waals surface area contributed by atoms with Crippen LogP contribution in [0.15, 0.2) is 36.9 Å². The van der Waals surface area contributed by atoms with Crippen LogP contribution in [0.25, 0.3) is 0 Å². The average molecular weight is 272 g/mol. The van der Waals surface area contributed by atoms with Crippen molar-refractivity contribution in [1.82, 2.24) is 5.32 Å². The Balaban J connectivity index is 1.94. The van der Waals surface area contributed by atoms with E-state index in [0.717, 1.165) is 11.6 Å². The topological polar surface area (TPSA) is 41.1 Å². The molecule has 108 valence electrons. The van der Waals surface area contributed by atoms with Crippen molar-refractivity contribution < 1.29 is 4.79 Å². The standard InChI is InChI=1S/C17H24N2O/c1-3-12-18-17(20)14-8-10-15(11-9-14)19-16-7-5-6-13(16)4-2/h3,8-11,13,16,19H,1,4-7,12H2,2H3,(H,18,20). The predicted molar refractivity (Wildman–Crippen MR) is 84.0 cm³/mol. The largest absolute Gasteiger partial charge is 0.382 e. The Morgan fingerprint density at radius 1 is 1.35 bits per heavy atom. The number of carbonyl (C=O) groups excluding carboxylic acids is 1. The van der Waals surface area contributed by atoms with E-state index in [0.29, 0.717) is 18.2 Å². The lowest BCUT2D eigenvalue weighted by atomic mass is 10.0. The lowest BCUT2D eigenvalue weighted by Gasteiger charge is -2.21. The lowest BCUT2D eigenvalue weighted by Crippen LogP contribution is -2.24. The molecule has 3 heteroatoms. The van der Waals surface area contributed by atoms with Gasteiger partial charge in [-0.25, -0.2) is 0 Å². The van der Waals surface area contributed by atoms with E-state index in [2.05, 4.69) is 24.1 Å². The predicted octanol–water partition coefficient (Wildman–Crippen LogP) is 3.59. The number of anilines is 1. The van der Waals surface area contributed by atoms with Gasteiger partial charge >= 0.3 is 0 Å². The van der Waals surface area contributed by atoms with Crippen molar-refractivity contribution in [2.75, 3.05) is 11.9 Å². The molecule has 0 spiro atoms. The summed E-state index contributed by atoms with van der Waals surface area (Å²) in [5, 5.41) is 6.38. The minimum atomic E-state index is -0.0521. The van der Waals surface area contributed by atoms with Crippen LogP contribution in [-0.4, -0.2) is 18.5 Å². The molecule has 0 bridgehead atoms. The van der Waals surface area contributed by atoms with Gasteiger partial charge in [0.05, 0.1) is 0 Å². The maximum Gasteiger partial charge on any atom is 0.251 e. The molecule has 1 aromatic rings. The van der Waals surface area contributed by atoms with Gasteiger partial charge in [0.25, 0.3) is 5.91 Å². The van der Waals surface area contributed by atoms with E-state index in [1.165, 1.54) is 25.7 Å². The van der Waals surface area contributed by atoms with E-state index in [9.17, 15) is 4.79 Å². The third kappa shape index (κ3) is 3.62. The van der Waals surface area contributed by atoms with E-state index >= 15 is 0 Å². The van der Waals surface area contributed by atoms with Crippen molar-refractivity contribution in [1.29, 1.82) is 0 Å². The van der Waals surface area contributed by atoms with Crippen LogP contribution in [0.5, 0.6) is 0 Å². The Morgan fingerprint density at radius 2 is 2.10 bits per heavy atom. The van der Waals surface area contributed by atoms with Gasteiger partial charge in [-0.1, -0.05) is 25.8 Å². The molecule has 1 aliphatic rings. The van der Waals surface area contributed by atoms with Crippen LogP contribution in [0.2, 0.25) is 0 Å². The number of benzene rings is 1. The van der Waals surface area contributed by atoms with Crippen LogP contribution in [0.4, 0.5) is 5.69 Å². The molecule has 3 nitrogen and oxygen atoms in total. The first-order chi connectivity index (χ1) is 9.74. The summed E-state index contributed by atoms with van der Waals surface area (Å²) >= 11 is 0. The van der Waals surface area contributed by atoms with E-state index in [1.54, 1.807) is 6.08 Å². The van der Waals surface area contributed by atoms with Gasteiger partial charge in [-0.2, -0.15) is 0 Å². The van der Waals surface area contributed by atoms with Gasteiger partial charge in [-0.05, 0) is 43.0 Å². The maximum atomic E-state index is 11.8. The van der Waals surface area contributed by atoms with Gasteiger partial charge in [0.15, 0.2) is 0 Å². The second-order valence-corrected chi connectivity index (χ2v) is 5.43. The minimum absolute atomic E-state index is 0.0521. The normalized spacial score (nSPS) is 21.4. The minimum Gasteiger partial charge on any atom is -0.382 e. The fourth-order valence-electron chi connectivity index (χ4n) is 2.91. The second kappa shape index (κ2) is 7.13. The van der Waals surface area contributed by atoms with Gasteiger partial charge in [0, 0.05) is 23.8 Å². The van der Waals surface area contributed by atoms with E-state index in [-0.39, 0.29) is 5.91 Å². The number of carbonyl (C=O) groups is 1. The van der Waals surface area contributed by atoms with Crippen LogP contribution in [0.1, 0.15) is 43.0 Å². The maximum absolute atomic E-state index is 11.8. The molecule has 2 unspecified atom stereocenters. The van der Waals surface area contributed by atoms with Crippen LogP contribution in [0.3, 0.4) is 0 Å². The highest BCUT2D eigenvalue weighted by Gasteiger charge is 2.25. The van der Waals surface area contributed by atoms with Gasteiger partial charge in [0.2, 0.25) is 0 Å². The third-order valence-electron chi connectivity index (χ3n) is 4.09. The average Bonchev–Trinajstić information content (AvgIpc) is 2.92. The summed E-state index contributed by atoms with van der Waals surface area (Å²) in [4.78, 5) is 11.8. The molecule has 0 saturated heterocycles. The molecule has 0 aromatic heterocycles. The molecule has 20 heavy (non-hydrogen) atoms. The van der Waals surface area contributed by atoms with E-state index in [4.69, 9.17) is 0 Å². The van der Waals surface area contributed by atoms with Crippen molar-refractivity contribution >= 4 is 11.6 Å². The molecule has 1 aromatic carbocycles. The van der Waals surface area contributed by atoms with Crippen molar-refractivity contribution in [2.45, 2.75) is 38.6 Å².